The monoisotopic (exact) mass is 424 g/mol. The average molecular weight is 425 g/mol. The summed E-state index contributed by atoms with van der Waals surface area (Å²) in [5.41, 5.74) is 3.66. The van der Waals surface area contributed by atoms with Crippen LogP contribution in [0.5, 0.6) is 5.75 Å². The van der Waals surface area contributed by atoms with Crippen LogP contribution in [-0.2, 0) is 4.79 Å². The largest absolute Gasteiger partial charge is 0.484 e. The number of aromatic nitrogens is 2. The SMILES string of the molecule is O=C(COc1ccccc1)N1CCN(c2nc3ccccc3nc2-c2ccccc2)CC1. The Hall–Kier alpha value is -3.93. The highest BCUT2D eigenvalue weighted by Gasteiger charge is 2.25. The summed E-state index contributed by atoms with van der Waals surface area (Å²) in [4.78, 5) is 26.6. The van der Waals surface area contributed by atoms with Crippen molar-refractivity contribution in [1.29, 1.82) is 0 Å². The van der Waals surface area contributed by atoms with Gasteiger partial charge in [0.15, 0.2) is 12.4 Å². The molecule has 3 aromatic carbocycles. The third-order valence-electron chi connectivity index (χ3n) is 5.64. The minimum Gasteiger partial charge on any atom is -0.484 e. The zero-order valence-corrected chi connectivity index (χ0v) is 17.7. The third kappa shape index (κ3) is 4.25. The molecule has 6 heteroatoms. The van der Waals surface area contributed by atoms with E-state index in [-0.39, 0.29) is 12.5 Å². The molecule has 0 radical (unpaired) electrons. The van der Waals surface area contributed by atoms with Gasteiger partial charge in [-0.1, -0.05) is 60.7 Å². The average Bonchev–Trinajstić information content (AvgIpc) is 2.88. The fourth-order valence-electron chi connectivity index (χ4n) is 3.92. The highest BCUT2D eigenvalue weighted by atomic mass is 16.5. The van der Waals surface area contributed by atoms with Crippen LogP contribution in [0.4, 0.5) is 5.82 Å². The van der Waals surface area contributed by atoms with Gasteiger partial charge in [0.2, 0.25) is 0 Å². The lowest BCUT2D eigenvalue weighted by Gasteiger charge is -2.36. The van der Waals surface area contributed by atoms with Crippen molar-refractivity contribution in [1.82, 2.24) is 14.9 Å². The number of piperazine rings is 1. The predicted octanol–water partition coefficient (Wildman–Crippen LogP) is 4.02. The van der Waals surface area contributed by atoms with Crippen LogP contribution in [0.1, 0.15) is 0 Å². The first kappa shape index (κ1) is 20.0. The van der Waals surface area contributed by atoms with Crippen molar-refractivity contribution in [3.8, 4) is 17.0 Å². The van der Waals surface area contributed by atoms with Crippen LogP contribution in [-0.4, -0.2) is 53.6 Å². The van der Waals surface area contributed by atoms with Crippen LogP contribution in [0.25, 0.3) is 22.3 Å². The Balaban J connectivity index is 1.33. The van der Waals surface area contributed by atoms with E-state index in [0.717, 1.165) is 28.1 Å². The number of fused-ring (bicyclic) bond motifs is 1. The number of nitrogens with zero attached hydrogens (tertiary/aromatic N) is 4. The van der Waals surface area contributed by atoms with Gasteiger partial charge in [-0.3, -0.25) is 4.79 Å². The summed E-state index contributed by atoms with van der Waals surface area (Å²) < 4.78 is 5.63. The van der Waals surface area contributed by atoms with Crippen molar-refractivity contribution < 1.29 is 9.53 Å². The Morgan fingerprint density at radius 1 is 0.750 bits per heavy atom. The second-order valence-corrected chi connectivity index (χ2v) is 7.72. The lowest BCUT2D eigenvalue weighted by Crippen LogP contribution is -2.50. The standard InChI is InChI=1S/C26H24N4O2/c31-24(19-32-21-11-5-2-6-12-21)29-15-17-30(18-16-29)26-25(20-9-3-1-4-10-20)27-22-13-7-8-14-23(22)28-26/h1-14H,15-19H2. The number of hydrogen-bond acceptors (Lipinski definition) is 5. The Bertz CT molecular complexity index is 1210. The molecule has 160 valence electrons. The summed E-state index contributed by atoms with van der Waals surface area (Å²) in [5.74, 6) is 1.57. The summed E-state index contributed by atoms with van der Waals surface area (Å²) in [5, 5.41) is 0. The van der Waals surface area contributed by atoms with Crippen molar-refractivity contribution >= 4 is 22.8 Å². The molecule has 0 saturated carbocycles. The summed E-state index contributed by atoms with van der Waals surface area (Å²) in [6.45, 7) is 2.70. The van der Waals surface area contributed by atoms with E-state index in [9.17, 15) is 4.79 Å². The molecule has 1 saturated heterocycles. The highest BCUT2D eigenvalue weighted by Crippen LogP contribution is 2.30. The maximum absolute atomic E-state index is 12.6. The number of carbonyl (C=O) groups excluding carboxylic acids is 1. The molecule has 0 spiro atoms. The molecule has 0 bridgehead atoms. The lowest BCUT2D eigenvalue weighted by molar-refractivity contribution is -0.133. The first-order valence-electron chi connectivity index (χ1n) is 10.8. The summed E-state index contributed by atoms with van der Waals surface area (Å²) in [6, 6.07) is 27.5. The first-order valence-corrected chi connectivity index (χ1v) is 10.8. The Morgan fingerprint density at radius 2 is 1.34 bits per heavy atom. The van der Waals surface area contributed by atoms with E-state index < -0.39 is 0 Å². The molecule has 2 heterocycles. The number of anilines is 1. The van der Waals surface area contributed by atoms with Gasteiger partial charge in [0, 0.05) is 31.7 Å². The number of carbonyl (C=O) groups is 1. The number of rotatable bonds is 5. The molecule has 1 aliphatic rings. The molecule has 1 fully saturated rings. The molecule has 5 rings (SSSR count). The van der Waals surface area contributed by atoms with Gasteiger partial charge in [-0.25, -0.2) is 9.97 Å². The molecule has 0 atom stereocenters. The summed E-state index contributed by atoms with van der Waals surface area (Å²) in [6.07, 6.45) is 0. The number of benzene rings is 3. The molecule has 0 N–H and O–H groups in total. The van der Waals surface area contributed by atoms with Gasteiger partial charge in [0.25, 0.3) is 5.91 Å². The van der Waals surface area contributed by atoms with Crippen LogP contribution in [0.15, 0.2) is 84.9 Å². The third-order valence-corrected chi connectivity index (χ3v) is 5.64. The first-order chi connectivity index (χ1) is 15.8. The fourth-order valence-corrected chi connectivity index (χ4v) is 3.92. The molecule has 0 aliphatic carbocycles. The second kappa shape index (κ2) is 9.06. The number of amides is 1. The Labute approximate surface area is 187 Å². The van der Waals surface area contributed by atoms with Crippen molar-refractivity contribution in [3.05, 3.63) is 84.9 Å². The van der Waals surface area contributed by atoms with Crippen LogP contribution in [0.2, 0.25) is 0 Å². The number of hydrogen-bond donors (Lipinski definition) is 0. The number of ether oxygens (including phenoxy) is 1. The quantitative estimate of drug-likeness (QED) is 0.484. The Morgan fingerprint density at radius 3 is 2.03 bits per heavy atom. The summed E-state index contributed by atoms with van der Waals surface area (Å²) >= 11 is 0. The maximum atomic E-state index is 12.6. The molecule has 32 heavy (non-hydrogen) atoms. The van der Waals surface area contributed by atoms with Crippen molar-refractivity contribution in [2.24, 2.45) is 0 Å². The van der Waals surface area contributed by atoms with Crippen LogP contribution < -0.4 is 9.64 Å². The number of para-hydroxylation sites is 3. The van der Waals surface area contributed by atoms with Gasteiger partial charge in [0.05, 0.1) is 11.0 Å². The minimum absolute atomic E-state index is 0.00128. The van der Waals surface area contributed by atoms with Crippen LogP contribution in [0.3, 0.4) is 0 Å². The van der Waals surface area contributed by atoms with E-state index in [2.05, 4.69) is 17.0 Å². The van der Waals surface area contributed by atoms with Gasteiger partial charge < -0.3 is 14.5 Å². The van der Waals surface area contributed by atoms with Crippen LogP contribution >= 0.6 is 0 Å². The van der Waals surface area contributed by atoms with E-state index in [4.69, 9.17) is 14.7 Å². The van der Waals surface area contributed by atoms with Crippen molar-refractivity contribution in [3.63, 3.8) is 0 Å². The normalized spacial score (nSPS) is 13.9. The summed E-state index contributed by atoms with van der Waals surface area (Å²) in [7, 11) is 0. The lowest BCUT2D eigenvalue weighted by atomic mass is 10.1. The zero-order valence-electron chi connectivity index (χ0n) is 17.7. The van der Waals surface area contributed by atoms with Gasteiger partial charge in [0.1, 0.15) is 11.4 Å². The maximum Gasteiger partial charge on any atom is 0.260 e. The molecule has 6 nitrogen and oxygen atoms in total. The van der Waals surface area contributed by atoms with E-state index in [0.29, 0.717) is 31.9 Å². The van der Waals surface area contributed by atoms with E-state index in [1.165, 1.54) is 0 Å². The van der Waals surface area contributed by atoms with Gasteiger partial charge in [-0.15, -0.1) is 0 Å². The molecule has 0 unspecified atom stereocenters. The smallest absolute Gasteiger partial charge is 0.260 e. The van der Waals surface area contributed by atoms with Crippen molar-refractivity contribution in [2.45, 2.75) is 0 Å². The highest BCUT2D eigenvalue weighted by molar-refractivity contribution is 5.84. The second-order valence-electron chi connectivity index (χ2n) is 7.72. The molecule has 1 amide bonds. The zero-order chi connectivity index (χ0) is 21.8. The molecule has 1 aliphatic heterocycles. The fraction of sp³-hybridized carbons (Fsp3) is 0.192. The van der Waals surface area contributed by atoms with Gasteiger partial charge in [-0.2, -0.15) is 0 Å². The predicted molar refractivity (Wildman–Crippen MR) is 126 cm³/mol. The van der Waals surface area contributed by atoms with E-state index in [1.807, 2.05) is 77.7 Å². The topological polar surface area (TPSA) is 58.6 Å². The molecule has 4 aromatic rings. The van der Waals surface area contributed by atoms with E-state index in [1.54, 1.807) is 0 Å². The van der Waals surface area contributed by atoms with Gasteiger partial charge in [-0.05, 0) is 24.3 Å². The van der Waals surface area contributed by atoms with Gasteiger partial charge >= 0.3 is 0 Å². The van der Waals surface area contributed by atoms with E-state index >= 15 is 0 Å². The van der Waals surface area contributed by atoms with Crippen LogP contribution in [0, 0.1) is 0 Å². The van der Waals surface area contributed by atoms with Crippen molar-refractivity contribution in [2.75, 3.05) is 37.7 Å². The molecular weight excluding hydrogens is 400 g/mol. The molecular formula is C26H24N4O2. The minimum atomic E-state index is 0.00128. The Kier molecular flexibility index (Phi) is 5.66. The molecule has 1 aromatic heterocycles.